The Bertz CT molecular complexity index is 839. The second kappa shape index (κ2) is 5.45. The number of aromatic nitrogens is 6. The highest BCUT2D eigenvalue weighted by Gasteiger charge is 2.31. The first kappa shape index (κ1) is 13.9. The Morgan fingerprint density at radius 1 is 1.30 bits per heavy atom. The van der Waals surface area contributed by atoms with Crippen LogP contribution in [-0.4, -0.2) is 47.5 Å². The molecular formula is C15H17N7O. The van der Waals surface area contributed by atoms with E-state index in [4.69, 9.17) is 0 Å². The van der Waals surface area contributed by atoms with Crippen LogP contribution in [0.25, 0.3) is 11.2 Å². The molecule has 8 nitrogen and oxygen atoms in total. The molecule has 1 saturated heterocycles. The molecule has 4 heterocycles. The number of carbonyl (C=O) groups excluding carboxylic acids is 1. The number of pyridine rings is 1. The van der Waals surface area contributed by atoms with Gasteiger partial charge in [-0.2, -0.15) is 5.10 Å². The number of hydrogen-bond acceptors (Lipinski definition) is 5. The summed E-state index contributed by atoms with van der Waals surface area (Å²) in [5.41, 5.74) is 2.69. The lowest BCUT2D eigenvalue weighted by Gasteiger charge is -2.35. The number of H-pyrrole nitrogens is 1. The molecule has 1 fully saturated rings. The van der Waals surface area contributed by atoms with Gasteiger partial charge in [0.15, 0.2) is 5.65 Å². The van der Waals surface area contributed by atoms with Gasteiger partial charge in [-0.15, -0.1) is 5.10 Å². The summed E-state index contributed by atoms with van der Waals surface area (Å²) in [5, 5.41) is 15.1. The lowest BCUT2D eigenvalue weighted by atomic mass is 9.98. The zero-order valence-corrected chi connectivity index (χ0v) is 12.8. The maximum Gasteiger partial charge on any atom is 0.256 e. The number of likely N-dealkylation sites (tertiary alicyclic amines) is 1. The quantitative estimate of drug-likeness (QED) is 0.773. The SMILES string of the molecule is Cn1nnc2c(C(=O)N3CCCCC3c3ccn[nH]3)ccnc21. The van der Waals surface area contributed by atoms with Crippen molar-refractivity contribution in [3.63, 3.8) is 0 Å². The first-order valence-corrected chi connectivity index (χ1v) is 7.70. The second-order valence-corrected chi connectivity index (χ2v) is 5.77. The van der Waals surface area contributed by atoms with Gasteiger partial charge in [0.1, 0.15) is 5.52 Å². The van der Waals surface area contributed by atoms with Crippen LogP contribution < -0.4 is 0 Å². The lowest BCUT2D eigenvalue weighted by molar-refractivity contribution is 0.0608. The van der Waals surface area contributed by atoms with E-state index in [1.165, 1.54) is 0 Å². The summed E-state index contributed by atoms with van der Waals surface area (Å²) in [6.07, 6.45) is 6.39. The van der Waals surface area contributed by atoms with Crippen molar-refractivity contribution in [2.75, 3.05) is 6.54 Å². The monoisotopic (exact) mass is 311 g/mol. The van der Waals surface area contributed by atoms with E-state index in [0.29, 0.717) is 16.7 Å². The van der Waals surface area contributed by atoms with Gasteiger partial charge < -0.3 is 4.90 Å². The Kier molecular flexibility index (Phi) is 3.29. The Hall–Kier alpha value is -2.77. The fourth-order valence-electron chi connectivity index (χ4n) is 3.21. The molecule has 1 atom stereocenters. The molecule has 0 aromatic carbocycles. The van der Waals surface area contributed by atoms with Gasteiger partial charge in [-0.1, -0.05) is 5.21 Å². The van der Waals surface area contributed by atoms with Crippen molar-refractivity contribution in [1.82, 2.24) is 35.1 Å². The third-order valence-corrected chi connectivity index (χ3v) is 4.37. The van der Waals surface area contributed by atoms with Gasteiger partial charge in [-0.25, -0.2) is 9.67 Å². The van der Waals surface area contributed by atoms with E-state index < -0.39 is 0 Å². The number of fused-ring (bicyclic) bond motifs is 1. The number of carbonyl (C=O) groups is 1. The van der Waals surface area contributed by atoms with Crippen molar-refractivity contribution in [2.24, 2.45) is 7.05 Å². The van der Waals surface area contributed by atoms with E-state index in [2.05, 4.69) is 25.5 Å². The summed E-state index contributed by atoms with van der Waals surface area (Å²) in [4.78, 5) is 19.3. The Balaban J connectivity index is 1.74. The van der Waals surface area contributed by atoms with Crippen LogP contribution in [-0.2, 0) is 7.05 Å². The summed E-state index contributed by atoms with van der Waals surface area (Å²) in [7, 11) is 1.77. The Labute approximate surface area is 132 Å². The van der Waals surface area contributed by atoms with Crippen molar-refractivity contribution >= 4 is 17.1 Å². The van der Waals surface area contributed by atoms with Gasteiger partial charge >= 0.3 is 0 Å². The van der Waals surface area contributed by atoms with Gasteiger partial charge in [0.05, 0.1) is 17.3 Å². The van der Waals surface area contributed by atoms with Crippen molar-refractivity contribution in [3.05, 3.63) is 35.8 Å². The van der Waals surface area contributed by atoms with Gasteiger partial charge in [-0.3, -0.25) is 9.89 Å². The van der Waals surface area contributed by atoms with Crippen LogP contribution in [0.2, 0.25) is 0 Å². The molecule has 0 saturated carbocycles. The number of nitrogens with one attached hydrogen (secondary N) is 1. The third kappa shape index (κ3) is 2.26. The Morgan fingerprint density at radius 2 is 2.22 bits per heavy atom. The van der Waals surface area contributed by atoms with E-state index in [-0.39, 0.29) is 11.9 Å². The minimum Gasteiger partial charge on any atom is -0.330 e. The normalized spacial score (nSPS) is 18.5. The number of amides is 1. The molecule has 118 valence electrons. The van der Waals surface area contributed by atoms with E-state index in [9.17, 15) is 4.79 Å². The van der Waals surface area contributed by atoms with Crippen LogP contribution >= 0.6 is 0 Å². The van der Waals surface area contributed by atoms with E-state index in [0.717, 1.165) is 31.5 Å². The fourth-order valence-corrected chi connectivity index (χ4v) is 3.21. The molecule has 1 unspecified atom stereocenters. The average molecular weight is 311 g/mol. The molecular weight excluding hydrogens is 294 g/mol. The van der Waals surface area contributed by atoms with Crippen molar-refractivity contribution in [3.8, 4) is 0 Å². The van der Waals surface area contributed by atoms with Crippen LogP contribution in [0.15, 0.2) is 24.5 Å². The second-order valence-electron chi connectivity index (χ2n) is 5.77. The molecule has 1 amide bonds. The molecule has 0 aliphatic carbocycles. The minimum atomic E-state index is -0.0304. The lowest BCUT2D eigenvalue weighted by Crippen LogP contribution is -2.38. The van der Waals surface area contributed by atoms with Crippen LogP contribution in [0.3, 0.4) is 0 Å². The molecule has 0 spiro atoms. The van der Waals surface area contributed by atoms with Crippen LogP contribution in [0.4, 0.5) is 0 Å². The van der Waals surface area contributed by atoms with Gasteiger partial charge in [0.2, 0.25) is 0 Å². The highest BCUT2D eigenvalue weighted by molar-refractivity contribution is 6.04. The standard InChI is InChI=1S/C15H17N7O/c1-21-14-13(19-20-21)10(5-7-16-14)15(23)22-9-3-2-4-12(22)11-6-8-17-18-11/h5-8,12H,2-4,9H2,1H3,(H,17,18). The van der Waals surface area contributed by atoms with Gasteiger partial charge in [-0.05, 0) is 31.4 Å². The average Bonchev–Trinajstić information content (AvgIpc) is 3.24. The molecule has 1 aliphatic rings. The van der Waals surface area contributed by atoms with Crippen LogP contribution in [0.5, 0.6) is 0 Å². The van der Waals surface area contributed by atoms with E-state index >= 15 is 0 Å². The van der Waals surface area contributed by atoms with Crippen molar-refractivity contribution in [2.45, 2.75) is 25.3 Å². The molecule has 8 heteroatoms. The van der Waals surface area contributed by atoms with Crippen LogP contribution in [0, 0.1) is 0 Å². The number of rotatable bonds is 2. The topological polar surface area (TPSA) is 92.6 Å². The molecule has 0 bridgehead atoms. The van der Waals surface area contributed by atoms with Crippen molar-refractivity contribution < 1.29 is 4.79 Å². The predicted molar refractivity (Wildman–Crippen MR) is 82.5 cm³/mol. The summed E-state index contributed by atoms with van der Waals surface area (Å²) in [6, 6.07) is 3.68. The number of aryl methyl sites for hydroxylation is 1. The number of piperidine rings is 1. The van der Waals surface area contributed by atoms with E-state index in [1.807, 2.05) is 11.0 Å². The zero-order chi connectivity index (χ0) is 15.8. The smallest absolute Gasteiger partial charge is 0.256 e. The molecule has 0 radical (unpaired) electrons. The Morgan fingerprint density at radius 3 is 3.04 bits per heavy atom. The molecule has 1 N–H and O–H groups in total. The summed E-state index contributed by atoms with van der Waals surface area (Å²) in [6.45, 7) is 0.729. The first-order chi connectivity index (χ1) is 11.3. The molecule has 3 aromatic rings. The highest BCUT2D eigenvalue weighted by Crippen LogP contribution is 2.31. The molecule has 3 aromatic heterocycles. The molecule has 4 rings (SSSR count). The summed E-state index contributed by atoms with van der Waals surface area (Å²) in [5.74, 6) is -0.0304. The maximum atomic E-state index is 13.1. The number of nitrogens with zero attached hydrogens (tertiary/aromatic N) is 6. The highest BCUT2D eigenvalue weighted by atomic mass is 16.2. The number of aromatic amines is 1. The van der Waals surface area contributed by atoms with Crippen LogP contribution in [0.1, 0.15) is 41.4 Å². The maximum absolute atomic E-state index is 13.1. The van der Waals surface area contributed by atoms with Crippen molar-refractivity contribution in [1.29, 1.82) is 0 Å². The van der Waals surface area contributed by atoms with Gasteiger partial charge in [0, 0.05) is 26.0 Å². The molecule has 1 aliphatic heterocycles. The zero-order valence-electron chi connectivity index (χ0n) is 12.8. The minimum absolute atomic E-state index is 0.0265. The first-order valence-electron chi connectivity index (χ1n) is 7.70. The summed E-state index contributed by atoms with van der Waals surface area (Å²) < 4.78 is 1.58. The summed E-state index contributed by atoms with van der Waals surface area (Å²) >= 11 is 0. The fraction of sp³-hybridized carbons (Fsp3) is 0.400. The molecule has 23 heavy (non-hydrogen) atoms. The largest absolute Gasteiger partial charge is 0.330 e. The van der Waals surface area contributed by atoms with E-state index in [1.54, 1.807) is 30.2 Å². The van der Waals surface area contributed by atoms with Gasteiger partial charge in [0.25, 0.3) is 5.91 Å². The predicted octanol–water partition coefficient (Wildman–Crippen LogP) is 1.45. The number of hydrogen-bond donors (Lipinski definition) is 1. The third-order valence-electron chi connectivity index (χ3n) is 4.37.